The average molecular weight is 600 g/mol. The fourth-order valence-corrected chi connectivity index (χ4v) is 4.89. The van der Waals surface area contributed by atoms with Gasteiger partial charge in [0.2, 0.25) is 0 Å². The van der Waals surface area contributed by atoms with E-state index in [0.717, 1.165) is 11.3 Å². The average Bonchev–Trinajstić information content (AvgIpc) is 3.58. The Morgan fingerprint density at radius 1 is 1.17 bits per heavy atom. The molecule has 0 aliphatic carbocycles. The number of rotatable bonds is 14. The molecule has 0 aliphatic rings. The number of hydrogen-bond donors (Lipinski definition) is 3. The number of fused-ring (bicyclic) bond motifs is 1. The summed E-state index contributed by atoms with van der Waals surface area (Å²) in [5.74, 6) is 6.75. The number of nitrogens with zero attached hydrogens (tertiary/aromatic N) is 6. The van der Waals surface area contributed by atoms with Gasteiger partial charge in [-0.1, -0.05) is 18.1 Å². The SMILES string of the molecule is CCn1c(-c2nonc2N)nc2c(C#CCO)ncc(OCCCN(CCc3ccc(OC)cc3)CCS(=O)(=O)O)c21. The van der Waals surface area contributed by atoms with Crippen molar-refractivity contribution in [2.75, 3.05) is 51.4 Å². The summed E-state index contributed by atoms with van der Waals surface area (Å²) in [6, 6.07) is 7.68. The molecule has 4 aromatic rings. The van der Waals surface area contributed by atoms with Crippen LogP contribution >= 0.6 is 0 Å². The van der Waals surface area contributed by atoms with Crippen molar-refractivity contribution in [2.24, 2.45) is 0 Å². The highest BCUT2D eigenvalue weighted by molar-refractivity contribution is 7.85. The molecule has 3 aromatic heterocycles. The van der Waals surface area contributed by atoms with Crippen LogP contribution in [0, 0.1) is 11.8 Å². The third-order valence-corrected chi connectivity index (χ3v) is 7.18. The molecule has 0 atom stereocenters. The van der Waals surface area contributed by atoms with Gasteiger partial charge in [0.25, 0.3) is 10.1 Å². The largest absolute Gasteiger partial charge is 0.497 e. The van der Waals surface area contributed by atoms with Gasteiger partial charge in [-0.15, -0.1) is 0 Å². The molecule has 4 N–H and O–H groups in total. The number of benzene rings is 1. The van der Waals surface area contributed by atoms with Gasteiger partial charge in [0.1, 0.15) is 29.1 Å². The molecule has 0 saturated carbocycles. The van der Waals surface area contributed by atoms with Crippen LogP contribution in [0.25, 0.3) is 22.6 Å². The van der Waals surface area contributed by atoms with Crippen LogP contribution in [0.15, 0.2) is 35.1 Å². The molecule has 0 fully saturated rings. The van der Waals surface area contributed by atoms with Crippen molar-refractivity contribution in [1.29, 1.82) is 0 Å². The molecule has 4 rings (SSSR count). The molecule has 0 amide bonds. The fourth-order valence-electron chi connectivity index (χ4n) is 4.40. The highest BCUT2D eigenvalue weighted by atomic mass is 32.2. The van der Waals surface area contributed by atoms with E-state index in [4.69, 9.17) is 19.8 Å². The number of anilines is 1. The molecule has 0 aliphatic heterocycles. The number of nitrogen functional groups attached to an aromatic ring is 1. The normalized spacial score (nSPS) is 11.5. The number of hydrogen-bond acceptors (Lipinski definition) is 12. The lowest BCUT2D eigenvalue weighted by molar-refractivity contribution is 0.243. The Balaban J connectivity index is 1.50. The zero-order valence-electron chi connectivity index (χ0n) is 23.4. The molecule has 224 valence electrons. The van der Waals surface area contributed by atoms with E-state index in [9.17, 15) is 18.1 Å². The lowest BCUT2D eigenvalue weighted by atomic mass is 10.1. The number of aliphatic hydroxyl groups excluding tert-OH is 1. The molecule has 15 heteroatoms. The summed E-state index contributed by atoms with van der Waals surface area (Å²) >= 11 is 0. The molecule has 0 unspecified atom stereocenters. The van der Waals surface area contributed by atoms with Crippen LogP contribution in [-0.4, -0.2) is 93.5 Å². The summed E-state index contributed by atoms with van der Waals surface area (Å²) in [6.07, 6.45) is 2.80. The molecule has 0 saturated heterocycles. The molecule has 0 bridgehead atoms. The van der Waals surface area contributed by atoms with Crippen LogP contribution in [0.3, 0.4) is 0 Å². The lowest BCUT2D eigenvalue weighted by Crippen LogP contribution is -2.32. The highest BCUT2D eigenvalue weighted by Crippen LogP contribution is 2.33. The van der Waals surface area contributed by atoms with E-state index in [1.54, 1.807) is 13.3 Å². The Kier molecular flexibility index (Phi) is 10.3. The third kappa shape index (κ3) is 7.74. The van der Waals surface area contributed by atoms with Crippen molar-refractivity contribution in [1.82, 2.24) is 29.7 Å². The van der Waals surface area contributed by atoms with Gasteiger partial charge >= 0.3 is 0 Å². The van der Waals surface area contributed by atoms with E-state index < -0.39 is 10.1 Å². The van der Waals surface area contributed by atoms with Crippen LogP contribution in [0.1, 0.15) is 24.6 Å². The van der Waals surface area contributed by atoms with Crippen LogP contribution in [-0.2, 0) is 23.1 Å². The number of pyridine rings is 1. The molecule has 0 radical (unpaired) electrons. The summed E-state index contributed by atoms with van der Waals surface area (Å²) in [7, 11) is -2.50. The standard InChI is InChI=1S/C27H33N7O7S/c1-3-34-25-22(18-29-21(6-4-15-35)23(25)30-27(34)24-26(28)32-41-31-24)40-16-5-12-33(14-17-42(36,37)38)13-11-19-7-9-20(39-2)10-8-19/h7-10,18,35H,3,5,11-17H2,1-2H3,(H2,28,32)(H,36,37,38). The zero-order chi connectivity index (χ0) is 30.1. The maximum Gasteiger partial charge on any atom is 0.266 e. The van der Waals surface area contributed by atoms with Gasteiger partial charge in [-0.2, -0.15) is 8.42 Å². The minimum Gasteiger partial charge on any atom is -0.497 e. The molecular formula is C27H33N7O7S. The second-order valence-corrected chi connectivity index (χ2v) is 10.8. The number of imidazole rings is 1. The van der Waals surface area contributed by atoms with Crippen LogP contribution in [0.2, 0.25) is 0 Å². The molecule has 42 heavy (non-hydrogen) atoms. The molecule has 3 heterocycles. The van der Waals surface area contributed by atoms with E-state index in [1.807, 2.05) is 40.7 Å². The van der Waals surface area contributed by atoms with Crippen LogP contribution < -0.4 is 15.2 Å². The van der Waals surface area contributed by atoms with Crippen molar-refractivity contribution in [3.05, 3.63) is 41.7 Å². The number of aromatic nitrogens is 5. The summed E-state index contributed by atoms with van der Waals surface area (Å²) < 4.78 is 50.1. The van der Waals surface area contributed by atoms with Crippen molar-refractivity contribution in [2.45, 2.75) is 26.3 Å². The van der Waals surface area contributed by atoms with Crippen molar-refractivity contribution >= 4 is 27.0 Å². The van der Waals surface area contributed by atoms with E-state index in [0.29, 0.717) is 67.4 Å². The van der Waals surface area contributed by atoms with E-state index in [2.05, 4.69) is 32.1 Å². The van der Waals surface area contributed by atoms with Crippen molar-refractivity contribution in [3.63, 3.8) is 0 Å². The van der Waals surface area contributed by atoms with Gasteiger partial charge in [-0.05, 0) is 53.7 Å². The predicted octanol–water partition coefficient (Wildman–Crippen LogP) is 1.64. The predicted molar refractivity (Wildman–Crippen MR) is 155 cm³/mol. The van der Waals surface area contributed by atoms with Crippen LogP contribution in [0.5, 0.6) is 11.5 Å². The first kappa shape index (κ1) is 30.7. The summed E-state index contributed by atoms with van der Waals surface area (Å²) in [4.78, 5) is 11.0. The first-order valence-corrected chi connectivity index (χ1v) is 14.9. The number of nitrogens with two attached hydrogens (primary N) is 1. The Morgan fingerprint density at radius 3 is 2.60 bits per heavy atom. The summed E-state index contributed by atoms with van der Waals surface area (Å²) in [6.45, 7) is 3.66. The quantitative estimate of drug-likeness (QED) is 0.108. The Bertz CT molecular complexity index is 1660. The molecule has 14 nitrogen and oxygen atoms in total. The smallest absolute Gasteiger partial charge is 0.266 e. The topological polar surface area (TPSA) is 192 Å². The van der Waals surface area contributed by atoms with Gasteiger partial charge in [0.05, 0.1) is 25.7 Å². The van der Waals surface area contributed by atoms with E-state index in [1.165, 1.54) is 0 Å². The Labute approximate surface area is 243 Å². The lowest BCUT2D eigenvalue weighted by Gasteiger charge is -2.22. The van der Waals surface area contributed by atoms with E-state index >= 15 is 0 Å². The monoisotopic (exact) mass is 599 g/mol. The van der Waals surface area contributed by atoms with E-state index in [-0.39, 0.29) is 30.4 Å². The number of aliphatic hydroxyl groups is 1. The summed E-state index contributed by atoms with van der Waals surface area (Å²) in [5, 5.41) is 16.7. The molecular weight excluding hydrogens is 566 g/mol. The highest BCUT2D eigenvalue weighted by Gasteiger charge is 2.23. The van der Waals surface area contributed by atoms with Gasteiger partial charge < -0.3 is 29.8 Å². The van der Waals surface area contributed by atoms with Gasteiger partial charge in [-0.25, -0.2) is 14.6 Å². The van der Waals surface area contributed by atoms with Gasteiger partial charge in [0.15, 0.2) is 23.1 Å². The number of aryl methyl sites for hydroxylation is 1. The third-order valence-electron chi connectivity index (χ3n) is 6.48. The maximum absolute atomic E-state index is 11.4. The van der Waals surface area contributed by atoms with Crippen LogP contribution in [0.4, 0.5) is 5.82 Å². The minimum atomic E-state index is -4.11. The Hall–Kier alpha value is -4.23. The minimum absolute atomic E-state index is 0.0815. The number of methoxy groups -OCH3 is 1. The summed E-state index contributed by atoms with van der Waals surface area (Å²) in [5.41, 5.74) is 8.70. The second kappa shape index (κ2) is 14.1. The first-order valence-electron chi connectivity index (χ1n) is 13.2. The second-order valence-electron chi connectivity index (χ2n) is 9.23. The zero-order valence-corrected chi connectivity index (χ0v) is 24.2. The fraction of sp³-hybridized carbons (Fsp3) is 0.407. The number of ether oxygens (including phenoxy) is 2. The Morgan fingerprint density at radius 2 is 1.95 bits per heavy atom. The van der Waals surface area contributed by atoms with Crippen molar-refractivity contribution < 1.29 is 32.2 Å². The van der Waals surface area contributed by atoms with Crippen molar-refractivity contribution in [3.8, 4) is 34.9 Å². The van der Waals surface area contributed by atoms with Gasteiger partial charge in [0, 0.05) is 26.2 Å². The maximum atomic E-state index is 11.4. The van der Waals surface area contributed by atoms with Gasteiger partial charge in [-0.3, -0.25) is 4.55 Å². The first-order chi connectivity index (χ1) is 20.2. The molecule has 0 spiro atoms. The molecule has 1 aromatic carbocycles.